The summed E-state index contributed by atoms with van der Waals surface area (Å²) in [6.07, 6.45) is 1.06. The maximum atomic E-state index is 11.7. The summed E-state index contributed by atoms with van der Waals surface area (Å²) < 4.78 is 0. The molecule has 0 fully saturated rings. The number of rotatable bonds is 7. The fraction of sp³-hybridized carbons (Fsp3) is 0.462. The van der Waals surface area contributed by atoms with Crippen LogP contribution < -0.4 is 5.32 Å². The maximum absolute atomic E-state index is 11.7. The quantitative estimate of drug-likeness (QED) is 0.557. The standard InChI is InChI=1S/C13H20N2O/c1-15(2)10-6-9-14-11-13(16)12-7-4-3-5-8-12/h3-5,7-8,14H,6,9-11H2,1-2H3. The van der Waals surface area contributed by atoms with E-state index in [2.05, 4.69) is 24.3 Å². The van der Waals surface area contributed by atoms with E-state index in [0.29, 0.717) is 6.54 Å². The van der Waals surface area contributed by atoms with Crippen molar-refractivity contribution < 1.29 is 4.79 Å². The van der Waals surface area contributed by atoms with Crippen LogP contribution in [0, 0.1) is 0 Å². The van der Waals surface area contributed by atoms with Crippen molar-refractivity contribution >= 4 is 5.78 Å². The topological polar surface area (TPSA) is 32.3 Å². The van der Waals surface area contributed by atoms with Gasteiger partial charge in [-0.2, -0.15) is 0 Å². The molecule has 0 radical (unpaired) electrons. The minimum absolute atomic E-state index is 0.158. The van der Waals surface area contributed by atoms with Crippen molar-refractivity contribution in [2.24, 2.45) is 0 Å². The Bertz CT molecular complexity index is 309. The average Bonchev–Trinajstić information content (AvgIpc) is 2.29. The summed E-state index contributed by atoms with van der Waals surface area (Å²) in [6, 6.07) is 9.40. The molecule has 16 heavy (non-hydrogen) atoms. The van der Waals surface area contributed by atoms with E-state index in [0.717, 1.165) is 25.1 Å². The highest BCUT2D eigenvalue weighted by atomic mass is 16.1. The van der Waals surface area contributed by atoms with Gasteiger partial charge in [0.05, 0.1) is 6.54 Å². The van der Waals surface area contributed by atoms with E-state index in [1.54, 1.807) is 0 Å². The Morgan fingerprint density at radius 2 is 1.94 bits per heavy atom. The zero-order valence-corrected chi connectivity index (χ0v) is 10.1. The average molecular weight is 220 g/mol. The smallest absolute Gasteiger partial charge is 0.176 e. The highest BCUT2D eigenvalue weighted by Gasteiger charge is 2.03. The zero-order chi connectivity index (χ0) is 11.8. The molecule has 0 spiro atoms. The summed E-state index contributed by atoms with van der Waals surface area (Å²) in [6.45, 7) is 2.36. The SMILES string of the molecule is CN(C)CCCNCC(=O)c1ccccc1. The van der Waals surface area contributed by atoms with Crippen LogP contribution in [0.3, 0.4) is 0 Å². The lowest BCUT2D eigenvalue weighted by Crippen LogP contribution is -2.26. The molecule has 1 aromatic carbocycles. The molecule has 0 aliphatic carbocycles. The van der Waals surface area contributed by atoms with Crippen molar-refractivity contribution in [2.45, 2.75) is 6.42 Å². The van der Waals surface area contributed by atoms with Crippen LogP contribution in [0.15, 0.2) is 30.3 Å². The number of carbonyl (C=O) groups is 1. The molecule has 0 unspecified atom stereocenters. The van der Waals surface area contributed by atoms with Crippen LogP contribution in [0.4, 0.5) is 0 Å². The van der Waals surface area contributed by atoms with Gasteiger partial charge < -0.3 is 10.2 Å². The molecule has 3 nitrogen and oxygen atoms in total. The number of Topliss-reactive ketones (excluding diaryl/α,β-unsaturated/α-hetero) is 1. The van der Waals surface area contributed by atoms with Gasteiger partial charge in [0.2, 0.25) is 0 Å². The number of nitrogens with zero attached hydrogens (tertiary/aromatic N) is 1. The number of nitrogens with one attached hydrogen (secondary N) is 1. The molecule has 0 aromatic heterocycles. The van der Waals surface area contributed by atoms with Gasteiger partial charge in [0.25, 0.3) is 0 Å². The van der Waals surface area contributed by atoms with E-state index in [9.17, 15) is 4.79 Å². The highest BCUT2D eigenvalue weighted by Crippen LogP contribution is 1.98. The van der Waals surface area contributed by atoms with E-state index in [4.69, 9.17) is 0 Å². The van der Waals surface area contributed by atoms with E-state index in [-0.39, 0.29) is 5.78 Å². The minimum Gasteiger partial charge on any atom is -0.310 e. The van der Waals surface area contributed by atoms with Crippen molar-refractivity contribution in [1.82, 2.24) is 10.2 Å². The van der Waals surface area contributed by atoms with Crippen LogP contribution in [0.25, 0.3) is 0 Å². The fourth-order valence-electron chi connectivity index (χ4n) is 1.45. The molecular formula is C13H20N2O. The highest BCUT2D eigenvalue weighted by molar-refractivity contribution is 5.97. The second-order valence-corrected chi connectivity index (χ2v) is 4.12. The molecule has 0 saturated carbocycles. The van der Waals surface area contributed by atoms with Gasteiger partial charge in [-0.05, 0) is 33.6 Å². The summed E-state index contributed by atoms with van der Waals surface area (Å²) in [5, 5.41) is 3.16. The van der Waals surface area contributed by atoms with Gasteiger partial charge in [-0.3, -0.25) is 4.79 Å². The van der Waals surface area contributed by atoms with Gasteiger partial charge in [-0.15, -0.1) is 0 Å². The van der Waals surface area contributed by atoms with E-state index in [1.165, 1.54) is 0 Å². The molecule has 1 rings (SSSR count). The first kappa shape index (κ1) is 12.9. The van der Waals surface area contributed by atoms with Crippen LogP contribution >= 0.6 is 0 Å². The molecule has 0 heterocycles. The third-order valence-electron chi connectivity index (χ3n) is 2.34. The van der Waals surface area contributed by atoms with Gasteiger partial charge in [0, 0.05) is 5.56 Å². The van der Waals surface area contributed by atoms with Gasteiger partial charge in [-0.25, -0.2) is 0 Å². The molecule has 0 saturated heterocycles. The molecule has 0 aliphatic rings. The Morgan fingerprint density at radius 1 is 1.25 bits per heavy atom. The van der Waals surface area contributed by atoms with Gasteiger partial charge in [0.15, 0.2) is 5.78 Å². The van der Waals surface area contributed by atoms with Crippen LogP contribution in [0.2, 0.25) is 0 Å². The molecule has 3 heteroatoms. The molecule has 88 valence electrons. The lowest BCUT2D eigenvalue weighted by Gasteiger charge is -2.09. The largest absolute Gasteiger partial charge is 0.310 e. The van der Waals surface area contributed by atoms with Gasteiger partial charge in [0.1, 0.15) is 0 Å². The monoisotopic (exact) mass is 220 g/mol. The van der Waals surface area contributed by atoms with Crippen molar-refractivity contribution in [3.8, 4) is 0 Å². The summed E-state index contributed by atoms with van der Waals surface area (Å²) >= 11 is 0. The molecule has 0 aliphatic heterocycles. The molecular weight excluding hydrogens is 200 g/mol. The van der Waals surface area contributed by atoms with E-state index in [1.807, 2.05) is 30.3 Å². The third-order valence-corrected chi connectivity index (χ3v) is 2.34. The minimum atomic E-state index is 0.158. The lowest BCUT2D eigenvalue weighted by atomic mass is 10.1. The Labute approximate surface area is 97.5 Å². The first-order valence-electron chi connectivity index (χ1n) is 5.64. The predicted octanol–water partition coefficient (Wildman–Crippen LogP) is 1.41. The van der Waals surface area contributed by atoms with Crippen molar-refractivity contribution in [1.29, 1.82) is 0 Å². The van der Waals surface area contributed by atoms with E-state index >= 15 is 0 Å². The Morgan fingerprint density at radius 3 is 2.56 bits per heavy atom. The Balaban J connectivity index is 2.16. The number of carbonyl (C=O) groups excluding carboxylic acids is 1. The molecule has 1 aromatic rings. The normalized spacial score (nSPS) is 10.7. The summed E-state index contributed by atoms with van der Waals surface area (Å²) in [5.41, 5.74) is 0.780. The first-order valence-corrected chi connectivity index (χ1v) is 5.64. The van der Waals surface area contributed by atoms with Crippen molar-refractivity contribution in [3.05, 3.63) is 35.9 Å². The second kappa shape index (κ2) is 7.14. The maximum Gasteiger partial charge on any atom is 0.176 e. The number of benzene rings is 1. The number of ketones is 1. The number of hydrogen-bond donors (Lipinski definition) is 1. The first-order chi connectivity index (χ1) is 7.70. The fourth-order valence-corrected chi connectivity index (χ4v) is 1.45. The Hall–Kier alpha value is -1.19. The lowest BCUT2D eigenvalue weighted by molar-refractivity contribution is 0.0991. The predicted molar refractivity (Wildman–Crippen MR) is 66.8 cm³/mol. The Kier molecular flexibility index (Phi) is 5.75. The zero-order valence-electron chi connectivity index (χ0n) is 10.1. The third kappa shape index (κ3) is 5.05. The molecule has 0 atom stereocenters. The molecule has 0 bridgehead atoms. The van der Waals surface area contributed by atoms with Crippen LogP contribution in [-0.4, -0.2) is 44.4 Å². The molecule has 1 N–H and O–H groups in total. The summed E-state index contributed by atoms with van der Waals surface area (Å²) in [5.74, 6) is 0.158. The van der Waals surface area contributed by atoms with Crippen LogP contribution in [-0.2, 0) is 0 Å². The second-order valence-electron chi connectivity index (χ2n) is 4.12. The van der Waals surface area contributed by atoms with Crippen molar-refractivity contribution in [2.75, 3.05) is 33.7 Å². The summed E-state index contributed by atoms with van der Waals surface area (Å²) in [7, 11) is 4.10. The van der Waals surface area contributed by atoms with Gasteiger partial charge in [-0.1, -0.05) is 30.3 Å². The van der Waals surface area contributed by atoms with Crippen LogP contribution in [0.1, 0.15) is 16.8 Å². The van der Waals surface area contributed by atoms with E-state index < -0.39 is 0 Å². The molecule has 0 amide bonds. The summed E-state index contributed by atoms with van der Waals surface area (Å²) in [4.78, 5) is 13.8. The van der Waals surface area contributed by atoms with Crippen LogP contribution in [0.5, 0.6) is 0 Å². The van der Waals surface area contributed by atoms with Gasteiger partial charge >= 0.3 is 0 Å². The van der Waals surface area contributed by atoms with Crippen molar-refractivity contribution in [3.63, 3.8) is 0 Å². The number of hydrogen-bond acceptors (Lipinski definition) is 3.